The Morgan fingerprint density at radius 2 is 1.92 bits per heavy atom. The summed E-state index contributed by atoms with van der Waals surface area (Å²) in [5.41, 5.74) is 0. The van der Waals surface area contributed by atoms with E-state index >= 15 is 0 Å². The summed E-state index contributed by atoms with van der Waals surface area (Å²) in [5, 5.41) is 0. The molecule has 0 aromatic rings. The second-order valence-electron chi connectivity index (χ2n) is 3.68. The van der Waals surface area contributed by atoms with Crippen molar-refractivity contribution in [3.8, 4) is 0 Å². The van der Waals surface area contributed by atoms with E-state index in [9.17, 15) is 0 Å². The molecule has 12 heavy (non-hydrogen) atoms. The third kappa shape index (κ3) is 1.79. The molecule has 2 rings (SSSR count). The summed E-state index contributed by atoms with van der Waals surface area (Å²) in [6, 6.07) is 0. The lowest BCUT2D eigenvalue weighted by molar-refractivity contribution is -0.179. The van der Waals surface area contributed by atoms with Crippen molar-refractivity contribution in [2.45, 2.75) is 25.6 Å². The Morgan fingerprint density at radius 1 is 1.25 bits per heavy atom. The quantitative estimate of drug-likeness (QED) is 0.604. The minimum absolute atomic E-state index is 0.337. The summed E-state index contributed by atoms with van der Waals surface area (Å²) in [6.07, 6.45) is 1.91. The second kappa shape index (κ2) is 3.73. The predicted molar refractivity (Wildman–Crippen MR) is 46.2 cm³/mol. The average Bonchev–Trinajstić information content (AvgIpc) is 2.04. The Bertz CT molecular complexity index is 139. The standard InChI is InChI=1S/C9H17NO2/c1-2-3-10-4-8-6-11-7-9(5-10)12-8/h8-9H,2-7H2,1H3. The van der Waals surface area contributed by atoms with Gasteiger partial charge in [-0.15, -0.1) is 0 Å². The lowest BCUT2D eigenvalue weighted by Gasteiger charge is -2.41. The van der Waals surface area contributed by atoms with Gasteiger partial charge < -0.3 is 9.47 Å². The number of nitrogens with zero attached hydrogens (tertiary/aromatic N) is 1. The van der Waals surface area contributed by atoms with E-state index in [2.05, 4.69) is 11.8 Å². The van der Waals surface area contributed by atoms with Gasteiger partial charge >= 0.3 is 0 Å². The van der Waals surface area contributed by atoms with Gasteiger partial charge in [0.25, 0.3) is 0 Å². The van der Waals surface area contributed by atoms with Gasteiger partial charge in [-0.3, -0.25) is 4.90 Å². The number of morpholine rings is 1. The van der Waals surface area contributed by atoms with Crippen molar-refractivity contribution in [1.82, 2.24) is 4.90 Å². The maximum atomic E-state index is 5.73. The van der Waals surface area contributed by atoms with Gasteiger partial charge in [0, 0.05) is 13.1 Å². The number of rotatable bonds is 2. The van der Waals surface area contributed by atoms with Gasteiger partial charge in [0.15, 0.2) is 0 Å². The van der Waals surface area contributed by atoms with Gasteiger partial charge in [0.05, 0.1) is 25.4 Å². The molecule has 2 heterocycles. The molecule has 2 bridgehead atoms. The summed E-state index contributed by atoms with van der Waals surface area (Å²) in [4.78, 5) is 2.49. The van der Waals surface area contributed by atoms with Crippen LogP contribution >= 0.6 is 0 Å². The third-order valence-electron chi connectivity index (χ3n) is 2.46. The lowest BCUT2D eigenvalue weighted by Crippen LogP contribution is -2.54. The number of ether oxygens (including phenoxy) is 2. The molecule has 2 saturated heterocycles. The Hall–Kier alpha value is -0.120. The summed E-state index contributed by atoms with van der Waals surface area (Å²) in [5.74, 6) is 0. The van der Waals surface area contributed by atoms with Crippen LogP contribution in [0.15, 0.2) is 0 Å². The zero-order valence-corrected chi connectivity index (χ0v) is 7.66. The molecule has 2 fully saturated rings. The molecule has 0 N–H and O–H groups in total. The summed E-state index contributed by atoms with van der Waals surface area (Å²) in [6.45, 7) is 7.13. The fourth-order valence-corrected chi connectivity index (χ4v) is 2.02. The summed E-state index contributed by atoms with van der Waals surface area (Å²) < 4.78 is 11.1. The third-order valence-corrected chi connectivity index (χ3v) is 2.46. The highest BCUT2D eigenvalue weighted by Gasteiger charge is 2.31. The first kappa shape index (κ1) is 8.48. The van der Waals surface area contributed by atoms with E-state index in [0.29, 0.717) is 12.2 Å². The molecule has 0 aromatic heterocycles. The van der Waals surface area contributed by atoms with Crippen molar-refractivity contribution in [2.75, 3.05) is 32.8 Å². The second-order valence-corrected chi connectivity index (χ2v) is 3.68. The molecular weight excluding hydrogens is 154 g/mol. The Balaban J connectivity index is 1.87. The van der Waals surface area contributed by atoms with Crippen LogP contribution in [0.1, 0.15) is 13.3 Å². The molecule has 0 aliphatic carbocycles. The number of hydrogen-bond donors (Lipinski definition) is 0. The minimum atomic E-state index is 0.337. The summed E-state index contributed by atoms with van der Waals surface area (Å²) in [7, 11) is 0. The fourth-order valence-electron chi connectivity index (χ4n) is 2.02. The van der Waals surface area contributed by atoms with E-state index in [-0.39, 0.29) is 0 Å². The van der Waals surface area contributed by atoms with Gasteiger partial charge in [0.2, 0.25) is 0 Å². The van der Waals surface area contributed by atoms with Gasteiger partial charge in [-0.05, 0) is 13.0 Å². The molecule has 0 amide bonds. The molecule has 0 saturated carbocycles. The number of hydrogen-bond acceptors (Lipinski definition) is 3. The van der Waals surface area contributed by atoms with E-state index in [1.165, 1.54) is 13.0 Å². The molecule has 3 nitrogen and oxygen atoms in total. The van der Waals surface area contributed by atoms with E-state index in [0.717, 1.165) is 26.3 Å². The van der Waals surface area contributed by atoms with Gasteiger partial charge in [0.1, 0.15) is 0 Å². The van der Waals surface area contributed by atoms with Crippen LogP contribution in [0.4, 0.5) is 0 Å². The predicted octanol–water partition coefficient (Wildman–Crippen LogP) is 0.496. The molecule has 0 spiro atoms. The van der Waals surface area contributed by atoms with E-state index in [4.69, 9.17) is 9.47 Å². The molecule has 2 aliphatic heterocycles. The van der Waals surface area contributed by atoms with Crippen LogP contribution in [0.3, 0.4) is 0 Å². The summed E-state index contributed by atoms with van der Waals surface area (Å²) >= 11 is 0. The molecule has 0 aromatic carbocycles. The SMILES string of the molecule is CCCN1CC2COCC(C1)O2. The van der Waals surface area contributed by atoms with Crippen molar-refractivity contribution >= 4 is 0 Å². The molecule has 3 heteroatoms. The van der Waals surface area contributed by atoms with Gasteiger partial charge in [-0.25, -0.2) is 0 Å². The van der Waals surface area contributed by atoms with Crippen molar-refractivity contribution in [1.29, 1.82) is 0 Å². The highest BCUT2D eigenvalue weighted by Crippen LogP contribution is 2.16. The molecule has 2 atom stereocenters. The largest absolute Gasteiger partial charge is 0.376 e. The van der Waals surface area contributed by atoms with Crippen molar-refractivity contribution in [3.63, 3.8) is 0 Å². The van der Waals surface area contributed by atoms with E-state index in [1.807, 2.05) is 0 Å². The normalized spacial score (nSPS) is 36.8. The van der Waals surface area contributed by atoms with E-state index < -0.39 is 0 Å². The van der Waals surface area contributed by atoms with Gasteiger partial charge in [-0.2, -0.15) is 0 Å². The van der Waals surface area contributed by atoms with Crippen LogP contribution in [-0.4, -0.2) is 50.0 Å². The maximum Gasteiger partial charge on any atom is 0.0940 e. The first-order valence-corrected chi connectivity index (χ1v) is 4.84. The maximum absolute atomic E-state index is 5.73. The highest BCUT2D eigenvalue weighted by molar-refractivity contribution is 4.80. The van der Waals surface area contributed by atoms with Crippen LogP contribution < -0.4 is 0 Å². The lowest BCUT2D eigenvalue weighted by atomic mass is 10.2. The van der Waals surface area contributed by atoms with E-state index in [1.54, 1.807) is 0 Å². The topological polar surface area (TPSA) is 21.7 Å². The monoisotopic (exact) mass is 171 g/mol. The van der Waals surface area contributed by atoms with Crippen molar-refractivity contribution in [2.24, 2.45) is 0 Å². The Kier molecular flexibility index (Phi) is 2.63. The minimum Gasteiger partial charge on any atom is -0.376 e. The Labute approximate surface area is 73.6 Å². The molecule has 2 unspecified atom stereocenters. The highest BCUT2D eigenvalue weighted by atomic mass is 16.6. The van der Waals surface area contributed by atoms with Crippen LogP contribution in [-0.2, 0) is 9.47 Å². The fraction of sp³-hybridized carbons (Fsp3) is 1.00. The number of fused-ring (bicyclic) bond motifs is 2. The molecule has 2 aliphatic rings. The van der Waals surface area contributed by atoms with Crippen LogP contribution in [0.2, 0.25) is 0 Å². The molecule has 0 radical (unpaired) electrons. The first-order valence-electron chi connectivity index (χ1n) is 4.84. The van der Waals surface area contributed by atoms with Crippen molar-refractivity contribution in [3.05, 3.63) is 0 Å². The smallest absolute Gasteiger partial charge is 0.0940 e. The average molecular weight is 171 g/mol. The first-order chi connectivity index (χ1) is 5.88. The van der Waals surface area contributed by atoms with Crippen LogP contribution in [0, 0.1) is 0 Å². The van der Waals surface area contributed by atoms with Gasteiger partial charge in [-0.1, -0.05) is 6.92 Å². The van der Waals surface area contributed by atoms with Crippen LogP contribution in [0.25, 0.3) is 0 Å². The molecular formula is C9H17NO2. The van der Waals surface area contributed by atoms with Crippen LogP contribution in [0.5, 0.6) is 0 Å². The zero-order valence-electron chi connectivity index (χ0n) is 7.66. The van der Waals surface area contributed by atoms with Crippen molar-refractivity contribution < 1.29 is 9.47 Å². The zero-order chi connectivity index (χ0) is 8.39. The Morgan fingerprint density at radius 3 is 2.50 bits per heavy atom. The molecule has 70 valence electrons.